The molecule has 1 saturated heterocycles. The van der Waals surface area contributed by atoms with Crippen molar-refractivity contribution in [1.82, 2.24) is 4.90 Å². The summed E-state index contributed by atoms with van der Waals surface area (Å²) in [6.45, 7) is 2.63. The van der Waals surface area contributed by atoms with Crippen LogP contribution in [-0.2, 0) is 9.53 Å². The van der Waals surface area contributed by atoms with E-state index in [1.165, 1.54) is 4.90 Å². The molecule has 0 aliphatic carbocycles. The molecule has 2 unspecified atom stereocenters. The van der Waals surface area contributed by atoms with Crippen molar-refractivity contribution >= 4 is 5.91 Å². The second kappa shape index (κ2) is 5.68. The maximum atomic E-state index is 12.0. The molecule has 0 saturated carbocycles. The highest BCUT2D eigenvalue weighted by Crippen LogP contribution is 2.22. The Morgan fingerprint density at radius 1 is 1.47 bits per heavy atom. The maximum absolute atomic E-state index is 12.0. The highest BCUT2D eigenvalue weighted by molar-refractivity contribution is 5.76. The van der Waals surface area contributed by atoms with Crippen molar-refractivity contribution in [3.8, 4) is 0 Å². The van der Waals surface area contributed by atoms with E-state index in [1.54, 1.807) is 6.92 Å². The number of ether oxygens (including phenoxy) is 1. The van der Waals surface area contributed by atoms with Crippen molar-refractivity contribution in [3.05, 3.63) is 0 Å². The van der Waals surface area contributed by atoms with Crippen molar-refractivity contribution in [2.24, 2.45) is 5.73 Å². The molecule has 2 N–H and O–H groups in total. The van der Waals surface area contributed by atoms with Gasteiger partial charge in [0.25, 0.3) is 0 Å². The second-order valence-electron chi connectivity index (χ2n) is 4.22. The highest BCUT2D eigenvalue weighted by atomic mass is 19.4. The molecule has 0 aromatic heterocycles. The van der Waals surface area contributed by atoms with Gasteiger partial charge in [0, 0.05) is 26.1 Å². The summed E-state index contributed by atoms with van der Waals surface area (Å²) in [7, 11) is 0. The number of alkyl halides is 3. The van der Waals surface area contributed by atoms with E-state index in [0.29, 0.717) is 6.54 Å². The summed E-state index contributed by atoms with van der Waals surface area (Å²) < 4.78 is 41.4. The van der Waals surface area contributed by atoms with E-state index >= 15 is 0 Å². The molecule has 1 aliphatic heterocycles. The van der Waals surface area contributed by atoms with E-state index in [-0.39, 0.29) is 25.3 Å². The van der Waals surface area contributed by atoms with Crippen LogP contribution in [0.1, 0.15) is 19.8 Å². The number of amides is 1. The van der Waals surface area contributed by atoms with E-state index in [9.17, 15) is 18.0 Å². The minimum Gasteiger partial charge on any atom is -0.370 e. The molecular formula is C10H17F3N2O2. The molecule has 2 atom stereocenters. The zero-order valence-corrected chi connectivity index (χ0v) is 9.67. The van der Waals surface area contributed by atoms with E-state index in [1.807, 2.05) is 0 Å². The van der Waals surface area contributed by atoms with Gasteiger partial charge in [-0.2, -0.15) is 13.2 Å². The molecule has 100 valence electrons. The Morgan fingerprint density at radius 3 is 2.65 bits per heavy atom. The van der Waals surface area contributed by atoms with Crippen LogP contribution >= 0.6 is 0 Å². The molecule has 17 heavy (non-hydrogen) atoms. The molecule has 4 nitrogen and oxygen atoms in total. The van der Waals surface area contributed by atoms with Gasteiger partial charge in [0.15, 0.2) is 0 Å². The van der Waals surface area contributed by atoms with Crippen LogP contribution in [0.2, 0.25) is 0 Å². The number of morpholine rings is 1. The molecule has 1 aliphatic rings. The first kappa shape index (κ1) is 14.2. The smallest absolute Gasteiger partial charge is 0.370 e. The van der Waals surface area contributed by atoms with E-state index < -0.39 is 24.9 Å². The SMILES string of the molecule is CC1CN(C(=O)CCC(F)(F)F)CC(CN)O1. The topological polar surface area (TPSA) is 55.6 Å². The van der Waals surface area contributed by atoms with Crippen LogP contribution in [0.4, 0.5) is 13.2 Å². The van der Waals surface area contributed by atoms with Gasteiger partial charge in [0.2, 0.25) is 5.91 Å². The Labute approximate surface area is 97.9 Å². The van der Waals surface area contributed by atoms with Gasteiger partial charge in [0.05, 0.1) is 18.6 Å². The molecule has 0 bridgehead atoms. The molecule has 1 amide bonds. The van der Waals surface area contributed by atoms with Gasteiger partial charge in [-0.1, -0.05) is 0 Å². The van der Waals surface area contributed by atoms with Crippen LogP contribution in [0.15, 0.2) is 0 Å². The average molecular weight is 254 g/mol. The first-order valence-electron chi connectivity index (χ1n) is 5.52. The number of hydrogen-bond acceptors (Lipinski definition) is 3. The van der Waals surface area contributed by atoms with Crippen molar-refractivity contribution in [2.45, 2.75) is 38.1 Å². The Bertz CT molecular complexity index is 271. The lowest BCUT2D eigenvalue weighted by Gasteiger charge is -2.36. The van der Waals surface area contributed by atoms with Crippen LogP contribution in [0, 0.1) is 0 Å². The molecular weight excluding hydrogens is 237 g/mol. The van der Waals surface area contributed by atoms with E-state index in [4.69, 9.17) is 10.5 Å². The minimum absolute atomic E-state index is 0.188. The van der Waals surface area contributed by atoms with Crippen LogP contribution < -0.4 is 5.73 Å². The Balaban J connectivity index is 2.45. The molecule has 1 rings (SSSR count). The first-order chi connectivity index (χ1) is 7.81. The van der Waals surface area contributed by atoms with Crippen LogP contribution in [0.25, 0.3) is 0 Å². The fourth-order valence-electron chi connectivity index (χ4n) is 1.79. The summed E-state index contributed by atoms with van der Waals surface area (Å²) in [6, 6.07) is 0. The lowest BCUT2D eigenvalue weighted by molar-refractivity contribution is -0.155. The minimum atomic E-state index is -4.29. The molecule has 0 radical (unpaired) electrons. The van der Waals surface area contributed by atoms with Gasteiger partial charge < -0.3 is 15.4 Å². The lowest BCUT2D eigenvalue weighted by atomic mass is 10.2. The number of carbonyl (C=O) groups is 1. The van der Waals surface area contributed by atoms with Crippen LogP contribution in [-0.4, -0.2) is 48.8 Å². The van der Waals surface area contributed by atoms with Gasteiger partial charge >= 0.3 is 6.18 Å². The van der Waals surface area contributed by atoms with Gasteiger partial charge in [-0.05, 0) is 6.92 Å². The number of rotatable bonds is 3. The number of carbonyl (C=O) groups excluding carboxylic acids is 1. The maximum Gasteiger partial charge on any atom is 0.389 e. The summed E-state index contributed by atoms with van der Waals surface area (Å²) in [5.41, 5.74) is 5.43. The molecule has 1 fully saturated rings. The van der Waals surface area contributed by atoms with Crippen molar-refractivity contribution in [3.63, 3.8) is 0 Å². The standard InChI is InChI=1S/C10H17F3N2O2/c1-7-5-15(6-8(4-14)17-7)9(16)2-3-10(11,12)13/h7-8H,2-6,14H2,1H3. The Hall–Kier alpha value is -0.820. The monoisotopic (exact) mass is 254 g/mol. The van der Waals surface area contributed by atoms with Gasteiger partial charge in [0.1, 0.15) is 0 Å². The van der Waals surface area contributed by atoms with Crippen LogP contribution in [0.5, 0.6) is 0 Å². The van der Waals surface area contributed by atoms with Crippen molar-refractivity contribution in [2.75, 3.05) is 19.6 Å². The molecule has 7 heteroatoms. The van der Waals surface area contributed by atoms with Crippen molar-refractivity contribution in [1.29, 1.82) is 0 Å². The highest BCUT2D eigenvalue weighted by Gasteiger charge is 2.32. The zero-order valence-electron chi connectivity index (χ0n) is 9.67. The predicted molar refractivity (Wildman–Crippen MR) is 55.3 cm³/mol. The third kappa shape index (κ3) is 4.91. The average Bonchev–Trinajstić information content (AvgIpc) is 2.23. The summed E-state index contributed by atoms with van der Waals surface area (Å²) in [6.07, 6.45) is -6.35. The normalized spacial score (nSPS) is 26.1. The fourth-order valence-corrected chi connectivity index (χ4v) is 1.79. The van der Waals surface area contributed by atoms with Gasteiger partial charge in [-0.15, -0.1) is 0 Å². The lowest BCUT2D eigenvalue weighted by Crippen LogP contribution is -2.51. The summed E-state index contributed by atoms with van der Waals surface area (Å²) in [5.74, 6) is -0.490. The summed E-state index contributed by atoms with van der Waals surface area (Å²) in [4.78, 5) is 13.0. The quantitative estimate of drug-likeness (QED) is 0.814. The molecule has 1 heterocycles. The third-order valence-electron chi connectivity index (χ3n) is 2.56. The molecule has 0 spiro atoms. The van der Waals surface area contributed by atoms with Gasteiger partial charge in [-0.3, -0.25) is 4.79 Å². The number of nitrogens with two attached hydrogens (primary N) is 1. The Morgan fingerprint density at radius 2 is 2.12 bits per heavy atom. The molecule has 0 aromatic rings. The summed E-state index contributed by atoms with van der Waals surface area (Å²) in [5, 5.41) is 0. The third-order valence-corrected chi connectivity index (χ3v) is 2.56. The number of hydrogen-bond donors (Lipinski definition) is 1. The largest absolute Gasteiger partial charge is 0.389 e. The van der Waals surface area contributed by atoms with E-state index in [2.05, 4.69) is 0 Å². The zero-order chi connectivity index (χ0) is 13.1. The Kier molecular flexibility index (Phi) is 4.76. The predicted octanol–water partition coefficient (Wildman–Crippen LogP) is 0.903. The summed E-state index contributed by atoms with van der Waals surface area (Å²) >= 11 is 0. The molecule has 0 aromatic carbocycles. The van der Waals surface area contributed by atoms with Crippen LogP contribution in [0.3, 0.4) is 0 Å². The van der Waals surface area contributed by atoms with Gasteiger partial charge in [-0.25, -0.2) is 0 Å². The fraction of sp³-hybridized carbons (Fsp3) is 0.900. The number of halogens is 3. The second-order valence-corrected chi connectivity index (χ2v) is 4.22. The first-order valence-corrected chi connectivity index (χ1v) is 5.52. The van der Waals surface area contributed by atoms with Crippen molar-refractivity contribution < 1.29 is 22.7 Å². The van der Waals surface area contributed by atoms with E-state index in [0.717, 1.165) is 0 Å². The number of nitrogens with zero attached hydrogens (tertiary/aromatic N) is 1.